The first kappa shape index (κ1) is 22.0. The van der Waals surface area contributed by atoms with E-state index in [1.54, 1.807) is 0 Å². The third kappa shape index (κ3) is 4.14. The van der Waals surface area contributed by atoms with Crippen LogP contribution in [0.5, 0.6) is 0 Å². The van der Waals surface area contributed by atoms with Gasteiger partial charge in [0.05, 0.1) is 11.2 Å². The molecule has 3 saturated heterocycles. The fourth-order valence-corrected chi connectivity index (χ4v) is 4.19. The van der Waals surface area contributed by atoms with E-state index in [4.69, 9.17) is 14.1 Å². The zero-order valence-electron chi connectivity index (χ0n) is 18.6. The minimum absolute atomic E-state index is 0.0853. The quantitative estimate of drug-likeness (QED) is 0.520. The van der Waals surface area contributed by atoms with Crippen LogP contribution in [0.4, 0.5) is 0 Å². The number of rotatable bonds is 5. The van der Waals surface area contributed by atoms with Crippen molar-refractivity contribution in [3.05, 3.63) is 29.8 Å². The Morgan fingerprint density at radius 2 is 1.71 bits per heavy atom. The van der Waals surface area contributed by atoms with Crippen molar-refractivity contribution in [2.24, 2.45) is 0 Å². The molecule has 4 rings (SSSR count). The first-order valence-electron chi connectivity index (χ1n) is 10.8. The van der Waals surface area contributed by atoms with Crippen LogP contribution < -0.4 is 5.46 Å². The van der Waals surface area contributed by atoms with Crippen LogP contribution in [0.1, 0.15) is 58.9 Å². The molecule has 0 aromatic heterocycles. The molecule has 2 amide bonds. The van der Waals surface area contributed by atoms with Crippen LogP contribution in [0, 0.1) is 0 Å². The lowest BCUT2D eigenvalue weighted by atomic mass is 9.76. The number of benzene rings is 1. The Morgan fingerprint density at radius 1 is 1.10 bits per heavy atom. The minimum Gasteiger partial charge on any atom is -0.399 e. The summed E-state index contributed by atoms with van der Waals surface area (Å²) < 4.78 is 12.5. The largest absolute Gasteiger partial charge is 0.495 e. The molecule has 3 fully saturated rings. The van der Waals surface area contributed by atoms with E-state index in [0.29, 0.717) is 18.0 Å². The Labute approximate surface area is 182 Å². The zero-order valence-corrected chi connectivity index (χ0v) is 18.6. The van der Waals surface area contributed by atoms with Crippen LogP contribution in [0.25, 0.3) is 0 Å². The number of amides is 2. The zero-order chi connectivity index (χ0) is 22.4. The monoisotopic (exact) mass is 428 g/mol. The number of likely N-dealkylation sites (tertiary alicyclic amines) is 1. The summed E-state index contributed by atoms with van der Waals surface area (Å²) in [6.45, 7) is 9.31. The highest BCUT2D eigenvalue weighted by Gasteiger charge is 2.52. The summed E-state index contributed by atoms with van der Waals surface area (Å²) in [6.07, 6.45) is 1.62. The summed E-state index contributed by atoms with van der Waals surface area (Å²) in [7, 11) is -0.492. The lowest BCUT2D eigenvalue weighted by Crippen LogP contribution is -2.43. The maximum Gasteiger partial charge on any atom is 0.495 e. The molecular weight excluding hydrogens is 399 g/mol. The fourth-order valence-electron chi connectivity index (χ4n) is 4.19. The van der Waals surface area contributed by atoms with Crippen molar-refractivity contribution in [2.75, 3.05) is 6.54 Å². The summed E-state index contributed by atoms with van der Waals surface area (Å²) >= 11 is 0. The van der Waals surface area contributed by atoms with Crippen LogP contribution in [0.3, 0.4) is 0 Å². The second-order valence-corrected chi connectivity index (χ2v) is 9.41. The van der Waals surface area contributed by atoms with Gasteiger partial charge in [0, 0.05) is 19.4 Å². The van der Waals surface area contributed by atoms with Crippen molar-refractivity contribution >= 4 is 30.4 Å². The van der Waals surface area contributed by atoms with Gasteiger partial charge in [-0.15, -0.1) is 5.06 Å². The molecular formula is C22H29BN2O6. The Bertz CT molecular complexity index is 870. The van der Waals surface area contributed by atoms with E-state index in [-0.39, 0.29) is 12.8 Å². The molecule has 0 bridgehead atoms. The molecule has 0 radical (unpaired) electrons. The number of hydrogen-bond acceptors (Lipinski definition) is 7. The number of carbonyl (C=O) groups excluding carboxylic acids is 3. The van der Waals surface area contributed by atoms with Gasteiger partial charge in [0.2, 0.25) is 0 Å². The molecule has 166 valence electrons. The van der Waals surface area contributed by atoms with E-state index in [2.05, 4.69) is 0 Å². The maximum atomic E-state index is 12.7. The summed E-state index contributed by atoms with van der Waals surface area (Å²) in [5.74, 6) is -1.49. The standard InChI is InChI=1S/C22H29BN2O6/c1-21(2)22(3,4)31-23(30-21)16-9-6-5-8-15(16)14-24-13-7-10-17(24)20(28)29-25-18(26)11-12-19(25)27/h5-6,8-9,17H,7,10-14H2,1-4H3. The van der Waals surface area contributed by atoms with Gasteiger partial charge in [-0.1, -0.05) is 24.3 Å². The normalized spacial score (nSPS) is 25.5. The second-order valence-electron chi connectivity index (χ2n) is 9.41. The van der Waals surface area contributed by atoms with Crippen LogP contribution in [0.15, 0.2) is 24.3 Å². The SMILES string of the molecule is CC1(C)OB(c2ccccc2CN2CCCC2C(=O)ON2C(=O)CCC2=O)OC1(C)C. The van der Waals surface area contributed by atoms with Crippen molar-refractivity contribution in [1.29, 1.82) is 0 Å². The highest BCUT2D eigenvalue weighted by atomic mass is 16.7. The highest BCUT2D eigenvalue weighted by Crippen LogP contribution is 2.37. The van der Waals surface area contributed by atoms with Crippen LogP contribution in [-0.2, 0) is 35.1 Å². The number of nitrogens with zero attached hydrogens (tertiary/aromatic N) is 2. The molecule has 1 aromatic rings. The molecule has 1 unspecified atom stereocenters. The van der Waals surface area contributed by atoms with Crippen LogP contribution in [-0.4, -0.2) is 58.7 Å². The van der Waals surface area contributed by atoms with Crippen molar-refractivity contribution < 1.29 is 28.5 Å². The van der Waals surface area contributed by atoms with Gasteiger partial charge in [-0.05, 0) is 58.1 Å². The fraction of sp³-hybridized carbons (Fsp3) is 0.591. The summed E-state index contributed by atoms with van der Waals surface area (Å²) in [6, 6.07) is 7.39. The van der Waals surface area contributed by atoms with E-state index < -0.39 is 42.1 Å². The lowest BCUT2D eigenvalue weighted by molar-refractivity contribution is -0.200. The third-order valence-electron chi connectivity index (χ3n) is 6.76. The molecule has 3 aliphatic rings. The minimum atomic E-state index is -0.561. The lowest BCUT2D eigenvalue weighted by Gasteiger charge is -2.32. The molecule has 0 spiro atoms. The number of imide groups is 1. The topological polar surface area (TPSA) is 85.4 Å². The highest BCUT2D eigenvalue weighted by molar-refractivity contribution is 6.62. The average molecular weight is 428 g/mol. The van der Waals surface area contributed by atoms with Gasteiger partial charge in [-0.25, -0.2) is 4.79 Å². The van der Waals surface area contributed by atoms with E-state index in [9.17, 15) is 14.4 Å². The molecule has 0 N–H and O–H groups in total. The van der Waals surface area contributed by atoms with Gasteiger partial charge >= 0.3 is 13.1 Å². The first-order valence-corrected chi connectivity index (χ1v) is 10.8. The van der Waals surface area contributed by atoms with Crippen molar-refractivity contribution in [2.45, 2.75) is 77.2 Å². The number of hydroxylamine groups is 2. The van der Waals surface area contributed by atoms with Crippen LogP contribution in [0.2, 0.25) is 0 Å². The van der Waals surface area contributed by atoms with Crippen molar-refractivity contribution in [3.63, 3.8) is 0 Å². The van der Waals surface area contributed by atoms with Crippen LogP contribution >= 0.6 is 0 Å². The molecule has 3 heterocycles. The maximum absolute atomic E-state index is 12.7. The summed E-state index contributed by atoms with van der Waals surface area (Å²) in [5, 5.41) is 0.622. The smallest absolute Gasteiger partial charge is 0.399 e. The van der Waals surface area contributed by atoms with E-state index >= 15 is 0 Å². The Kier molecular flexibility index (Phi) is 5.70. The summed E-state index contributed by atoms with van der Waals surface area (Å²) in [5.41, 5.74) is 1.05. The van der Waals surface area contributed by atoms with Gasteiger partial charge in [0.25, 0.3) is 11.8 Å². The molecule has 0 aliphatic carbocycles. The molecule has 31 heavy (non-hydrogen) atoms. The predicted octanol–water partition coefficient (Wildman–Crippen LogP) is 1.56. The Morgan fingerprint density at radius 3 is 2.35 bits per heavy atom. The Balaban J connectivity index is 1.49. The Hall–Kier alpha value is -2.23. The average Bonchev–Trinajstić information content (AvgIpc) is 3.34. The predicted molar refractivity (Wildman–Crippen MR) is 113 cm³/mol. The van der Waals surface area contributed by atoms with Gasteiger partial charge in [0.15, 0.2) is 0 Å². The molecule has 9 heteroatoms. The van der Waals surface area contributed by atoms with Gasteiger partial charge < -0.3 is 14.1 Å². The van der Waals surface area contributed by atoms with Crippen molar-refractivity contribution in [3.8, 4) is 0 Å². The number of hydrogen-bond donors (Lipinski definition) is 0. The summed E-state index contributed by atoms with van der Waals surface area (Å²) in [4.78, 5) is 43.5. The second kappa shape index (κ2) is 8.04. The van der Waals surface area contributed by atoms with Gasteiger partial charge in [0.1, 0.15) is 6.04 Å². The molecule has 3 aliphatic heterocycles. The first-order chi connectivity index (χ1) is 14.6. The van der Waals surface area contributed by atoms with E-state index in [1.165, 1.54) is 0 Å². The molecule has 8 nitrogen and oxygen atoms in total. The van der Waals surface area contributed by atoms with E-state index in [0.717, 1.165) is 24.0 Å². The third-order valence-corrected chi connectivity index (χ3v) is 6.76. The number of carbonyl (C=O) groups is 3. The van der Waals surface area contributed by atoms with E-state index in [1.807, 2.05) is 56.9 Å². The molecule has 1 atom stereocenters. The molecule has 1 aromatic carbocycles. The van der Waals surface area contributed by atoms with Gasteiger partial charge in [-0.3, -0.25) is 14.5 Å². The van der Waals surface area contributed by atoms with Crippen molar-refractivity contribution in [1.82, 2.24) is 9.96 Å². The molecule has 0 saturated carbocycles. The van der Waals surface area contributed by atoms with Gasteiger partial charge in [-0.2, -0.15) is 0 Å².